The number of rotatable bonds is 3. The van der Waals surface area contributed by atoms with E-state index in [-0.39, 0.29) is 12.1 Å². The predicted octanol–water partition coefficient (Wildman–Crippen LogP) is 4.58. The number of thiol groups is 1. The number of pyridine rings is 1. The van der Waals surface area contributed by atoms with Gasteiger partial charge in [-0.05, 0) is 36.4 Å². The SMILES string of the molecule is O=C(Nc1ccccc1)N(S)C1CCN(c2nccc3ccccc23)CC1. The molecule has 1 aromatic heterocycles. The van der Waals surface area contributed by atoms with Crippen LogP contribution in [0.1, 0.15) is 12.8 Å². The Morgan fingerprint density at radius 3 is 2.52 bits per heavy atom. The van der Waals surface area contributed by atoms with Crippen LogP contribution in [0.25, 0.3) is 10.8 Å². The van der Waals surface area contributed by atoms with Gasteiger partial charge in [0.2, 0.25) is 0 Å². The summed E-state index contributed by atoms with van der Waals surface area (Å²) in [6.45, 7) is 1.70. The zero-order chi connectivity index (χ0) is 18.6. The Kier molecular flexibility index (Phi) is 5.16. The molecule has 1 saturated heterocycles. The number of para-hydroxylation sites is 1. The summed E-state index contributed by atoms with van der Waals surface area (Å²) in [6.07, 6.45) is 3.58. The highest BCUT2D eigenvalue weighted by atomic mass is 32.1. The first-order valence-electron chi connectivity index (χ1n) is 9.15. The topological polar surface area (TPSA) is 48.5 Å². The van der Waals surface area contributed by atoms with Gasteiger partial charge in [-0.3, -0.25) is 4.31 Å². The largest absolute Gasteiger partial charge is 0.356 e. The molecule has 27 heavy (non-hydrogen) atoms. The summed E-state index contributed by atoms with van der Waals surface area (Å²) in [5.41, 5.74) is 0.777. The van der Waals surface area contributed by atoms with Crippen molar-refractivity contribution in [1.29, 1.82) is 0 Å². The molecule has 0 atom stereocenters. The van der Waals surface area contributed by atoms with Gasteiger partial charge in [-0.2, -0.15) is 0 Å². The van der Waals surface area contributed by atoms with Crippen molar-refractivity contribution in [3.63, 3.8) is 0 Å². The van der Waals surface area contributed by atoms with Crippen molar-refractivity contribution in [2.45, 2.75) is 18.9 Å². The number of carbonyl (C=O) groups excluding carboxylic acids is 1. The molecule has 3 aromatic rings. The van der Waals surface area contributed by atoms with Crippen molar-refractivity contribution in [2.75, 3.05) is 23.3 Å². The minimum Gasteiger partial charge on any atom is -0.356 e. The Balaban J connectivity index is 1.40. The summed E-state index contributed by atoms with van der Waals surface area (Å²) < 4.78 is 1.53. The van der Waals surface area contributed by atoms with E-state index in [4.69, 9.17) is 0 Å². The van der Waals surface area contributed by atoms with Crippen LogP contribution in [0.15, 0.2) is 66.9 Å². The maximum absolute atomic E-state index is 12.5. The van der Waals surface area contributed by atoms with Gasteiger partial charge in [0.25, 0.3) is 0 Å². The second-order valence-electron chi connectivity index (χ2n) is 6.71. The number of aromatic nitrogens is 1. The van der Waals surface area contributed by atoms with Gasteiger partial charge < -0.3 is 10.2 Å². The molecule has 6 heteroatoms. The van der Waals surface area contributed by atoms with Gasteiger partial charge >= 0.3 is 6.03 Å². The van der Waals surface area contributed by atoms with Gasteiger partial charge in [-0.25, -0.2) is 9.78 Å². The van der Waals surface area contributed by atoms with Crippen molar-refractivity contribution in [2.24, 2.45) is 0 Å². The van der Waals surface area contributed by atoms with Crippen molar-refractivity contribution in [3.8, 4) is 0 Å². The molecule has 1 aliphatic rings. The van der Waals surface area contributed by atoms with E-state index >= 15 is 0 Å². The van der Waals surface area contributed by atoms with Crippen molar-refractivity contribution in [3.05, 3.63) is 66.9 Å². The first-order chi connectivity index (χ1) is 13.2. The van der Waals surface area contributed by atoms with Crippen molar-refractivity contribution in [1.82, 2.24) is 9.29 Å². The summed E-state index contributed by atoms with van der Waals surface area (Å²) in [4.78, 5) is 19.4. The zero-order valence-corrected chi connectivity index (χ0v) is 15.8. The fourth-order valence-corrected chi connectivity index (χ4v) is 3.83. The highest BCUT2D eigenvalue weighted by Crippen LogP contribution is 2.28. The maximum Gasteiger partial charge on any atom is 0.331 e. The lowest BCUT2D eigenvalue weighted by Gasteiger charge is -2.36. The molecule has 0 spiro atoms. The lowest BCUT2D eigenvalue weighted by Crippen LogP contribution is -2.45. The Bertz CT molecular complexity index is 920. The summed E-state index contributed by atoms with van der Waals surface area (Å²) in [5, 5.41) is 5.26. The lowest BCUT2D eigenvalue weighted by molar-refractivity contribution is 0.223. The second kappa shape index (κ2) is 7.88. The average molecular weight is 379 g/mol. The van der Waals surface area contributed by atoms with Crippen LogP contribution in [0.3, 0.4) is 0 Å². The summed E-state index contributed by atoms with van der Waals surface area (Å²) in [7, 11) is 0. The lowest BCUT2D eigenvalue weighted by atomic mass is 10.0. The number of carbonyl (C=O) groups is 1. The van der Waals surface area contributed by atoms with Crippen LogP contribution in [0, 0.1) is 0 Å². The highest BCUT2D eigenvalue weighted by molar-refractivity contribution is 7.78. The van der Waals surface area contributed by atoms with Crippen LogP contribution in [-0.2, 0) is 0 Å². The molecule has 1 N–H and O–H groups in total. The van der Waals surface area contributed by atoms with Crippen LogP contribution in [0.2, 0.25) is 0 Å². The van der Waals surface area contributed by atoms with E-state index in [9.17, 15) is 4.79 Å². The van der Waals surface area contributed by atoms with Crippen molar-refractivity contribution < 1.29 is 4.79 Å². The first-order valence-corrected chi connectivity index (χ1v) is 9.55. The molecule has 138 valence electrons. The second-order valence-corrected chi connectivity index (χ2v) is 7.15. The average Bonchev–Trinajstić information content (AvgIpc) is 2.73. The molecule has 2 amide bonds. The van der Waals surface area contributed by atoms with Gasteiger partial charge in [-0.15, -0.1) is 0 Å². The fraction of sp³-hybridized carbons (Fsp3) is 0.238. The molecule has 1 fully saturated rings. The third-order valence-corrected chi connectivity index (χ3v) is 5.50. The van der Waals surface area contributed by atoms with Crippen LogP contribution in [0.5, 0.6) is 0 Å². The number of nitrogens with one attached hydrogen (secondary N) is 1. The molecule has 1 aliphatic heterocycles. The monoisotopic (exact) mass is 378 g/mol. The minimum absolute atomic E-state index is 0.100. The van der Waals surface area contributed by atoms with Crippen LogP contribution in [-0.4, -0.2) is 34.5 Å². The number of piperidine rings is 1. The molecule has 0 aliphatic carbocycles. The zero-order valence-electron chi connectivity index (χ0n) is 15.0. The van der Waals surface area contributed by atoms with E-state index in [1.54, 1.807) is 0 Å². The highest BCUT2D eigenvalue weighted by Gasteiger charge is 2.27. The van der Waals surface area contributed by atoms with E-state index in [0.717, 1.165) is 37.4 Å². The van der Waals surface area contributed by atoms with Crippen molar-refractivity contribution >= 4 is 41.1 Å². The summed E-state index contributed by atoms with van der Waals surface area (Å²) in [5.74, 6) is 1.02. The van der Waals surface area contributed by atoms with Gasteiger partial charge in [0.15, 0.2) is 0 Å². The third kappa shape index (κ3) is 3.85. The maximum atomic E-state index is 12.5. The van der Waals surface area contributed by atoms with Crippen LogP contribution >= 0.6 is 12.8 Å². The molecule has 0 saturated carbocycles. The molecule has 5 nitrogen and oxygen atoms in total. The number of fused-ring (bicyclic) bond motifs is 1. The number of anilines is 2. The Morgan fingerprint density at radius 2 is 1.74 bits per heavy atom. The number of hydrogen-bond acceptors (Lipinski definition) is 4. The van der Waals surface area contributed by atoms with E-state index < -0.39 is 0 Å². The number of urea groups is 1. The Morgan fingerprint density at radius 1 is 1.04 bits per heavy atom. The van der Waals surface area contributed by atoms with Crippen LogP contribution < -0.4 is 10.2 Å². The molecule has 0 unspecified atom stereocenters. The summed E-state index contributed by atoms with van der Waals surface area (Å²) >= 11 is 4.46. The quantitative estimate of drug-likeness (QED) is 0.656. The fourth-order valence-electron chi connectivity index (χ4n) is 3.55. The van der Waals surface area contributed by atoms with Gasteiger partial charge in [0.05, 0.1) is 0 Å². The molecule has 2 aromatic carbocycles. The predicted molar refractivity (Wildman–Crippen MR) is 113 cm³/mol. The van der Waals surface area contributed by atoms with E-state index in [0.29, 0.717) is 0 Å². The smallest absolute Gasteiger partial charge is 0.331 e. The van der Waals surface area contributed by atoms with E-state index in [1.807, 2.05) is 54.7 Å². The minimum atomic E-state index is -0.189. The third-order valence-electron chi connectivity index (χ3n) is 5.00. The Labute approximate surface area is 164 Å². The van der Waals surface area contributed by atoms with E-state index in [2.05, 4.69) is 40.1 Å². The van der Waals surface area contributed by atoms with Gasteiger partial charge in [0, 0.05) is 36.4 Å². The molecule has 0 radical (unpaired) electrons. The van der Waals surface area contributed by atoms with Crippen LogP contribution in [0.4, 0.5) is 16.3 Å². The van der Waals surface area contributed by atoms with E-state index in [1.165, 1.54) is 15.1 Å². The molecular formula is C21H22N4OS. The summed E-state index contributed by atoms with van der Waals surface area (Å²) in [6, 6.07) is 19.7. The Hall–Kier alpha value is -2.73. The number of nitrogens with zero attached hydrogens (tertiary/aromatic N) is 3. The normalized spacial score (nSPS) is 14.9. The standard InChI is InChI=1S/C21H22N4OS/c26-21(23-17-7-2-1-3-8-17)25(27)18-11-14-24(15-12-18)20-19-9-5-4-6-16(19)10-13-22-20/h1-10,13,18,27H,11-12,14-15H2,(H,23,26). The molecule has 2 heterocycles. The molecule has 4 rings (SSSR count). The first kappa shape index (κ1) is 17.7. The van der Waals surface area contributed by atoms with Gasteiger partial charge in [-0.1, -0.05) is 55.3 Å². The molecular weight excluding hydrogens is 356 g/mol. The number of hydrogen-bond donors (Lipinski definition) is 2. The number of amides is 2. The van der Waals surface area contributed by atoms with Gasteiger partial charge in [0.1, 0.15) is 5.82 Å². The molecule has 0 bridgehead atoms. The number of benzene rings is 2.